The van der Waals surface area contributed by atoms with Gasteiger partial charge >= 0.3 is 0 Å². The molecule has 7 heteroatoms. The summed E-state index contributed by atoms with van der Waals surface area (Å²) in [6.45, 7) is 4.78. The third-order valence-electron chi connectivity index (χ3n) is 4.33. The first-order chi connectivity index (χ1) is 11.6. The first kappa shape index (κ1) is 17.0. The van der Waals surface area contributed by atoms with Gasteiger partial charge in [-0.1, -0.05) is 11.8 Å². The Labute approximate surface area is 145 Å². The summed E-state index contributed by atoms with van der Waals surface area (Å²) in [5.41, 5.74) is 0.792. The maximum atomic E-state index is 13.1. The van der Waals surface area contributed by atoms with Gasteiger partial charge in [-0.3, -0.25) is 9.36 Å². The largest absolute Gasteiger partial charge is 0.339 e. The van der Waals surface area contributed by atoms with Crippen molar-refractivity contribution in [3.8, 4) is 5.69 Å². The number of amides is 1. The fourth-order valence-electron chi connectivity index (χ4n) is 3.00. The first-order valence-corrected chi connectivity index (χ1v) is 9.15. The molecule has 2 aromatic rings. The number of nitrogens with zero attached hydrogens (tertiary/aromatic N) is 4. The standard InChI is InChI=1S/C17H21FN4OS/c1-12-5-3-4-10-21(12)16(23)11-24-17-20-19-13(2)22(17)15-8-6-14(18)7-9-15/h6-9,12H,3-5,10-11H2,1-2H3/t12-/m1/s1. The van der Waals surface area contributed by atoms with Crippen LogP contribution < -0.4 is 0 Å². The number of rotatable bonds is 4. The second-order valence-electron chi connectivity index (χ2n) is 6.06. The van der Waals surface area contributed by atoms with E-state index < -0.39 is 0 Å². The minimum atomic E-state index is -0.284. The predicted molar refractivity (Wildman–Crippen MR) is 91.8 cm³/mol. The molecule has 0 radical (unpaired) electrons. The molecule has 0 unspecified atom stereocenters. The maximum Gasteiger partial charge on any atom is 0.233 e. The lowest BCUT2D eigenvalue weighted by Gasteiger charge is -2.33. The molecule has 0 aliphatic carbocycles. The monoisotopic (exact) mass is 348 g/mol. The molecule has 1 saturated heterocycles. The van der Waals surface area contributed by atoms with Gasteiger partial charge in [0.1, 0.15) is 11.6 Å². The molecular weight excluding hydrogens is 327 g/mol. The Balaban J connectivity index is 1.72. The highest BCUT2D eigenvalue weighted by atomic mass is 32.2. The highest BCUT2D eigenvalue weighted by Crippen LogP contribution is 2.24. The molecular formula is C17H21FN4OS. The number of likely N-dealkylation sites (tertiary alicyclic amines) is 1. The van der Waals surface area contributed by atoms with Crippen LogP contribution in [0.3, 0.4) is 0 Å². The molecule has 0 bridgehead atoms. The Hall–Kier alpha value is -1.89. The number of hydrogen-bond donors (Lipinski definition) is 0. The summed E-state index contributed by atoms with van der Waals surface area (Å²) in [6, 6.07) is 6.49. The second-order valence-corrected chi connectivity index (χ2v) is 7.00. The molecule has 1 fully saturated rings. The Morgan fingerprint density at radius 2 is 2.04 bits per heavy atom. The Kier molecular flexibility index (Phi) is 5.18. The Morgan fingerprint density at radius 1 is 1.29 bits per heavy atom. The molecule has 1 aliphatic rings. The fourth-order valence-corrected chi connectivity index (χ4v) is 3.89. The minimum Gasteiger partial charge on any atom is -0.339 e. The minimum absolute atomic E-state index is 0.138. The van der Waals surface area contributed by atoms with Crippen molar-refractivity contribution in [3.05, 3.63) is 35.9 Å². The van der Waals surface area contributed by atoms with Gasteiger partial charge < -0.3 is 4.90 Å². The molecule has 0 saturated carbocycles. The molecule has 5 nitrogen and oxygen atoms in total. The van der Waals surface area contributed by atoms with Crippen molar-refractivity contribution in [2.75, 3.05) is 12.3 Å². The Bertz CT molecular complexity index is 716. The van der Waals surface area contributed by atoms with Gasteiger partial charge in [0, 0.05) is 18.3 Å². The number of halogens is 1. The van der Waals surface area contributed by atoms with Gasteiger partial charge in [0.05, 0.1) is 5.75 Å². The number of carbonyl (C=O) groups is 1. The molecule has 128 valence electrons. The topological polar surface area (TPSA) is 51.0 Å². The van der Waals surface area contributed by atoms with Crippen LogP contribution in [0.4, 0.5) is 4.39 Å². The van der Waals surface area contributed by atoms with E-state index in [4.69, 9.17) is 0 Å². The van der Waals surface area contributed by atoms with Gasteiger partial charge in [-0.25, -0.2) is 4.39 Å². The van der Waals surface area contributed by atoms with Gasteiger partial charge in [-0.2, -0.15) is 0 Å². The first-order valence-electron chi connectivity index (χ1n) is 8.16. The molecule has 1 aliphatic heterocycles. The zero-order valence-corrected chi connectivity index (χ0v) is 14.7. The van der Waals surface area contributed by atoms with E-state index in [0.29, 0.717) is 22.8 Å². The smallest absolute Gasteiger partial charge is 0.233 e. The van der Waals surface area contributed by atoms with Crippen molar-refractivity contribution >= 4 is 17.7 Å². The van der Waals surface area contributed by atoms with Gasteiger partial charge in [-0.15, -0.1) is 10.2 Å². The quantitative estimate of drug-likeness (QED) is 0.796. The summed E-state index contributed by atoms with van der Waals surface area (Å²) in [5.74, 6) is 0.901. The highest BCUT2D eigenvalue weighted by molar-refractivity contribution is 7.99. The van der Waals surface area contributed by atoms with Crippen molar-refractivity contribution in [1.29, 1.82) is 0 Å². The lowest BCUT2D eigenvalue weighted by molar-refractivity contribution is -0.131. The summed E-state index contributed by atoms with van der Waals surface area (Å²) < 4.78 is 15.0. The summed E-state index contributed by atoms with van der Waals surface area (Å²) in [4.78, 5) is 14.4. The van der Waals surface area contributed by atoms with E-state index in [1.807, 2.05) is 16.4 Å². The number of hydrogen-bond acceptors (Lipinski definition) is 4. The van der Waals surface area contributed by atoms with E-state index in [-0.39, 0.29) is 11.7 Å². The third kappa shape index (κ3) is 3.61. The van der Waals surface area contributed by atoms with Crippen LogP contribution in [0.15, 0.2) is 29.4 Å². The molecule has 24 heavy (non-hydrogen) atoms. The van der Waals surface area contributed by atoms with E-state index in [1.165, 1.54) is 30.3 Å². The number of benzene rings is 1. The Morgan fingerprint density at radius 3 is 2.75 bits per heavy atom. The van der Waals surface area contributed by atoms with Crippen LogP contribution in [0.5, 0.6) is 0 Å². The van der Waals surface area contributed by atoms with Gasteiger partial charge in [0.25, 0.3) is 0 Å². The molecule has 0 N–H and O–H groups in total. The van der Waals surface area contributed by atoms with E-state index in [0.717, 1.165) is 25.1 Å². The lowest BCUT2D eigenvalue weighted by Crippen LogP contribution is -2.42. The SMILES string of the molecule is Cc1nnc(SCC(=O)N2CCCC[C@H]2C)n1-c1ccc(F)cc1. The highest BCUT2D eigenvalue weighted by Gasteiger charge is 2.24. The van der Waals surface area contributed by atoms with Crippen LogP contribution in [0.1, 0.15) is 32.0 Å². The number of aryl methyl sites for hydroxylation is 1. The average Bonchev–Trinajstić information content (AvgIpc) is 2.95. The van der Waals surface area contributed by atoms with E-state index in [2.05, 4.69) is 17.1 Å². The second kappa shape index (κ2) is 7.34. The van der Waals surface area contributed by atoms with Crippen LogP contribution >= 0.6 is 11.8 Å². The molecule has 2 heterocycles. The zero-order chi connectivity index (χ0) is 17.1. The van der Waals surface area contributed by atoms with Gasteiger partial charge in [-0.05, 0) is 57.4 Å². The van der Waals surface area contributed by atoms with Gasteiger partial charge in [0.2, 0.25) is 5.91 Å². The van der Waals surface area contributed by atoms with Crippen molar-refractivity contribution in [2.45, 2.75) is 44.3 Å². The van der Waals surface area contributed by atoms with Crippen molar-refractivity contribution in [1.82, 2.24) is 19.7 Å². The summed E-state index contributed by atoms with van der Waals surface area (Å²) in [5, 5.41) is 8.91. The zero-order valence-electron chi connectivity index (χ0n) is 13.9. The van der Waals surface area contributed by atoms with E-state index in [9.17, 15) is 9.18 Å². The fraction of sp³-hybridized carbons (Fsp3) is 0.471. The summed E-state index contributed by atoms with van der Waals surface area (Å²) >= 11 is 1.38. The lowest BCUT2D eigenvalue weighted by atomic mass is 10.0. The number of carbonyl (C=O) groups excluding carboxylic acids is 1. The third-order valence-corrected chi connectivity index (χ3v) is 5.24. The van der Waals surface area contributed by atoms with Crippen LogP contribution in [-0.2, 0) is 4.79 Å². The number of piperidine rings is 1. The van der Waals surface area contributed by atoms with Gasteiger partial charge in [0.15, 0.2) is 5.16 Å². The molecule has 0 spiro atoms. The molecule has 1 aromatic heterocycles. The van der Waals surface area contributed by atoms with Crippen LogP contribution in [0.2, 0.25) is 0 Å². The predicted octanol–water partition coefficient (Wildman–Crippen LogP) is 3.21. The number of aromatic nitrogens is 3. The van der Waals surface area contributed by atoms with E-state index >= 15 is 0 Å². The average molecular weight is 348 g/mol. The van der Waals surface area contributed by atoms with Crippen LogP contribution in [0, 0.1) is 12.7 Å². The summed E-state index contributed by atoms with van der Waals surface area (Å²) in [6.07, 6.45) is 3.34. The molecule has 3 rings (SSSR count). The molecule has 1 aromatic carbocycles. The maximum absolute atomic E-state index is 13.1. The summed E-state index contributed by atoms with van der Waals surface area (Å²) in [7, 11) is 0. The molecule has 1 amide bonds. The van der Waals surface area contributed by atoms with Crippen molar-refractivity contribution in [3.63, 3.8) is 0 Å². The van der Waals surface area contributed by atoms with E-state index in [1.54, 1.807) is 12.1 Å². The van der Waals surface area contributed by atoms with Crippen LogP contribution in [0.25, 0.3) is 5.69 Å². The van der Waals surface area contributed by atoms with Crippen LogP contribution in [-0.4, -0.2) is 43.9 Å². The molecule has 1 atom stereocenters. The normalized spacial score (nSPS) is 18.0. The van der Waals surface area contributed by atoms with Crippen molar-refractivity contribution in [2.24, 2.45) is 0 Å². The number of thioether (sulfide) groups is 1. The van der Waals surface area contributed by atoms with Crippen molar-refractivity contribution < 1.29 is 9.18 Å².